The Morgan fingerprint density at radius 1 is 1.22 bits per heavy atom. The molecule has 0 unspecified atom stereocenters. The zero-order chi connectivity index (χ0) is 16.2. The van der Waals surface area contributed by atoms with Crippen LogP contribution in [-0.4, -0.2) is 16.2 Å². The van der Waals surface area contributed by atoms with Crippen LogP contribution in [0.5, 0.6) is 0 Å². The molecule has 0 spiro atoms. The second-order valence-corrected chi connectivity index (χ2v) is 7.12. The second-order valence-electron chi connectivity index (χ2n) is 4.95. The highest BCUT2D eigenvalue weighted by atomic mass is 32.2. The average molecular weight is 346 g/mol. The highest BCUT2D eigenvalue weighted by Gasteiger charge is 2.08. The minimum Gasteiger partial charge on any atom is -0.317 e. The van der Waals surface area contributed by atoms with Crippen LogP contribution in [0.1, 0.15) is 6.42 Å². The van der Waals surface area contributed by atoms with Crippen LogP contribution in [0.2, 0.25) is 0 Å². The van der Waals surface area contributed by atoms with Crippen LogP contribution in [0.15, 0.2) is 58.4 Å². The number of thiazole rings is 1. The van der Waals surface area contributed by atoms with Gasteiger partial charge in [-0.1, -0.05) is 35.6 Å². The molecule has 0 radical (unpaired) electrons. The Labute approximate surface area is 141 Å². The number of hydrogen-bond donors (Lipinski definition) is 0. The van der Waals surface area contributed by atoms with Crippen molar-refractivity contribution in [3.05, 3.63) is 59.1 Å². The molecule has 6 heteroatoms. The van der Waals surface area contributed by atoms with E-state index in [0.29, 0.717) is 22.5 Å². The van der Waals surface area contributed by atoms with Crippen molar-refractivity contribution >= 4 is 39.2 Å². The maximum Gasteiger partial charge on any atom is 0.249 e. The molecule has 0 bridgehead atoms. The molecular formula is C17H15FN2OS2. The van der Waals surface area contributed by atoms with Crippen LogP contribution in [-0.2, 0) is 11.8 Å². The quantitative estimate of drug-likeness (QED) is 0.670. The summed E-state index contributed by atoms with van der Waals surface area (Å²) in [4.78, 5) is 17.8. The first-order valence-electron chi connectivity index (χ1n) is 7.14. The molecule has 1 amide bonds. The smallest absolute Gasteiger partial charge is 0.249 e. The first-order chi connectivity index (χ1) is 11.1. The minimum atomic E-state index is -0.296. The fraction of sp³-hybridized carbons (Fsp3) is 0.176. The fourth-order valence-corrected chi connectivity index (χ4v) is 4.11. The molecule has 1 aromatic heterocycles. The van der Waals surface area contributed by atoms with Gasteiger partial charge in [-0.15, -0.1) is 11.8 Å². The largest absolute Gasteiger partial charge is 0.317 e. The standard InChI is InChI=1S/C17H15FN2OS2/c1-20-16-13(18)8-5-9-14(16)23-17(20)19-15(21)10-11-22-12-6-3-2-4-7-12/h2-9H,10-11H2,1H3. The number of fused-ring (bicyclic) bond motifs is 1. The molecule has 1 heterocycles. The minimum absolute atomic E-state index is 0.184. The van der Waals surface area contributed by atoms with E-state index < -0.39 is 0 Å². The molecule has 0 aliphatic carbocycles. The van der Waals surface area contributed by atoms with Crippen molar-refractivity contribution in [2.75, 3.05) is 5.75 Å². The number of halogens is 1. The molecule has 0 atom stereocenters. The lowest BCUT2D eigenvalue weighted by atomic mass is 10.3. The fourth-order valence-electron chi connectivity index (χ4n) is 2.20. The zero-order valence-electron chi connectivity index (χ0n) is 12.5. The Morgan fingerprint density at radius 3 is 2.74 bits per heavy atom. The number of amides is 1. The van der Waals surface area contributed by atoms with E-state index in [1.54, 1.807) is 29.4 Å². The molecule has 0 fully saturated rings. The van der Waals surface area contributed by atoms with Crippen LogP contribution < -0.4 is 4.80 Å². The maximum atomic E-state index is 13.8. The van der Waals surface area contributed by atoms with E-state index in [4.69, 9.17) is 0 Å². The van der Waals surface area contributed by atoms with Crippen molar-refractivity contribution in [1.82, 2.24) is 4.57 Å². The third-order valence-corrected chi connectivity index (χ3v) is 5.43. The average Bonchev–Trinajstić information content (AvgIpc) is 2.86. The number of thioether (sulfide) groups is 1. The van der Waals surface area contributed by atoms with Gasteiger partial charge in [0, 0.05) is 24.1 Å². The number of rotatable bonds is 4. The number of benzene rings is 2. The summed E-state index contributed by atoms with van der Waals surface area (Å²) in [6, 6.07) is 14.8. The predicted octanol–water partition coefficient (Wildman–Crippen LogP) is 3.99. The topological polar surface area (TPSA) is 34.4 Å². The van der Waals surface area contributed by atoms with Crippen LogP contribution in [0, 0.1) is 5.82 Å². The van der Waals surface area contributed by atoms with Crippen LogP contribution >= 0.6 is 23.1 Å². The van der Waals surface area contributed by atoms with E-state index in [1.807, 2.05) is 36.4 Å². The van der Waals surface area contributed by atoms with Gasteiger partial charge < -0.3 is 4.57 Å². The monoisotopic (exact) mass is 346 g/mol. The first kappa shape index (κ1) is 16.0. The van der Waals surface area contributed by atoms with E-state index in [1.165, 1.54) is 17.4 Å². The van der Waals surface area contributed by atoms with Gasteiger partial charge in [-0.2, -0.15) is 4.99 Å². The molecular weight excluding hydrogens is 331 g/mol. The number of para-hydroxylation sites is 1. The number of aromatic nitrogens is 1. The summed E-state index contributed by atoms with van der Waals surface area (Å²) in [6.45, 7) is 0. The highest BCUT2D eigenvalue weighted by Crippen LogP contribution is 2.20. The summed E-state index contributed by atoms with van der Waals surface area (Å²) in [6.07, 6.45) is 0.357. The third kappa shape index (κ3) is 3.71. The van der Waals surface area contributed by atoms with Crippen LogP contribution in [0.25, 0.3) is 10.2 Å². The number of nitrogens with zero attached hydrogens (tertiary/aromatic N) is 2. The lowest BCUT2D eigenvalue weighted by Crippen LogP contribution is -2.13. The molecule has 0 saturated carbocycles. The SMILES string of the molecule is Cn1c(=NC(=O)CCSc2ccccc2)sc2cccc(F)c21. The Bertz CT molecular complexity index is 900. The summed E-state index contributed by atoms with van der Waals surface area (Å²) >= 11 is 2.95. The molecule has 3 rings (SSSR count). The van der Waals surface area contributed by atoms with Crippen molar-refractivity contribution in [3.63, 3.8) is 0 Å². The highest BCUT2D eigenvalue weighted by molar-refractivity contribution is 7.99. The normalized spacial score (nSPS) is 12.0. The molecule has 0 N–H and O–H groups in total. The Balaban J connectivity index is 1.72. The second kappa shape index (κ2) is 7.10. The number of aryl methyl sites for hydroxylation is 1. The van der Waals surface area contributed by atoms with Gasteiger partial charge in [-0.25, -0.2) is 4.39 Å². The van der Waals surface area contributed by atoms with Gasteiger partial charge >= 0.3 is 0 Å². The van der Waals surface area contributed by atoms with E-state index in [0.717, 1.165) is 9.60 Å². The summed E-state index contributed by atoms with van der Waals surface area (Å²) in [5.41, 5.74) is 0.489. The van der Waals surface area contributed by atoms with Gasteiger partial charge in [0.2, 0.25) is 5.91 Å². The number of carbonyl (C=O) groups is 1. The Kier molecular flexibility index (Phi) is 4.93. The van der Waals surface area contributed by atoms with E-state index >= 15 is 0 Å². The van der Waals surface area contributed by atoms with E-state index in [2.05, 4.69) is 4.99 Å². The Morgan fingerprint density at radius 2 is 2.00 bits per heavy atom. The summed E-state index contributed by atoms with van der Waals surface area (Å²) < 4.78 is 16.3. The maximum absolute atomic E-state index is 13.8. The molecule has 23 heavy (non-hydrogen) atoms. The van der Waals surface area contributed by atoms with Gasteiger partial charge in [0.05, 0.1) is 10.2 Å². The lowest BCUT2D eigenvalue weighted by molar-refractivity contribution is -0.117. The van der Waals surface area contributed by atoms with Crippen molar-refractivity contribution in [3.8, 4) is 0 Å². The third-order valence-electron chi connectivity index (χ3n) is 3.32. The van der Waals surface area contributed by atoms with Crippen molar-refractivity contribution in [2.45, 2.75) is 11.3 Å². The van der Waals surface area contributed by atoms with Gasteiger partial charge in [-0.05, 0) is 24.3 Å². The van der Waals surface area contributed by atoms with E-state index in [-0.39, 0.29) is 11.7 Å². The van der Waals surface area contributed by atoms with Crippen molar-refractivity contribution < 1.29 is 9.18 Å². The molecule has 0 saturated heterocycles. The summed E-state index contributed by atoms with van der Waals surface area (Å²) in [5.74, 6) is 0.195. The van der Waals surface area contributed by atoms with Crippen LogP contribution in [0.4, 0.5) is 4.39 Å². The molecule has 3 nitrogen and oxygen atoms in total. The molecule has 118 valence electrons. The number of hydrogen-bond acceptors (Lipinski definition) is 3. The lowest BCUT2D eigenvalue weighted by Gasteiger charge is -1.99. The van der Waals surface area contributed by atoms with E-state index in [9.17, 15) is 9.18 Å². The summed E-state index contributed by atoms with van der Waals surface area (Å²) in [7, 11) is 1.73. The van der Waals surface area contributed by atoms with Crippen molar-refractivity contribution in [2.24, 2.45) is 12.0 Å². The van der Waals surface area contributed by atoms with Gasteiger partial charge in [-0.3, -0.25) is 4.79 Å². The summed E-state index contributed by atoms with van der Waals surface area (Å²) in [5, 5.41) is 0. The van der Waals surface area contributed by atoms with Gasteiger partial charge in [0.1, 0.15) is 5.82 Å². The Hall–Kier alpha value is -1.92. The molecule has 2 aromatic carbocycles. The van der Waals surface area contributed by atoms with Crippen molar-refractivity contribution in [1.29, 1.82) is 0 Å². The van der Waals surface area contributed by atoms with Gasteiger partial charge in [0.25, 0.3) is 0 Å². The number of carbonyl (C=O) groups excluding carboxylic acids is 1. The molecule has 3 aromatic rings. The van der Waals surface area contributed by atoms with Gasteiger partial charge in [0.15, 0.2) is 4.80 Å². The predicted molar refractivity (Wildman–Crippen MR) is 93.1 cm³/mol. The molecule has 0 aliphatic rings. The molecule has 0 aliphatic heterocycles. The first-order valence-corrected chi connectivity index (χ1v) is 8.95. The zero-order valence-corrected chi connectivity index (χ0v) is 14.2. The van der Waals surface area contributed by atoms with Crippen LogP contribution in [0.3, 0.4) is 0 Å².